The smallest absolute Gasteiger partial charge is 0.250 e. The van der Waals surface area contributed by atoms with Crippen LogP contribution in [0.4, 0.5) is 0 Å². The molecule has 0 unspecified atom stereocenters. The molecule has 0 amide bonds. The van der Waals surface area contributed by atoms with E-state index in [0.717, 1.165) is 10.4 Å². The third-order valence-corrected chi connectivity index (χ3v) is 5.82. The zero-order valence-corrected chi connectivity index (χ0v) is 12.8. The summed E-state index contributed by atoms with van der Waals surface area (Å²) in [6.07, 6.45) is 1.61. The molecule has 0 saturated carbocycles. The average molecular weight is 316 g/mol. The van der Waals surface area contributed by atoms with E-state index in [1.807, 2.05) is 14.0 Å². The van der Waals surface area contributed by atoms with Gasteiger partial charge in [0, 0.05) is 24.4 Å². The van der Waals surface area contributed by atoms with Crippen molar-refractivity contribution in [2.75, 3.05) is 13.6 Å². The fourth-order valence-corrected chi connectivity index (χ4v) is 4.31. The van der Waals surface area contributed by atoms with E-state index in [9.17, 15) is 8.42 Å². The van der Waals surface area contributed by atoms with Crippen molar-refractivity contribution in [2.45, 2.75) is 24.1 Å². The Morgan fingerprint density at radius 3 is 2.90 bits per heavy atom. The van der Waals surface area contributed by atoms with Crippen LogP contribution in [0.15, 0.2) is 21.2 Å². The second-order valence-electron chi connectivity index (χ2n) is 4.20. The number of hydrogen-bond acceptors (Lipinski definition) is 7. The van der Waals surface area contributed by atoms with Crippen molar-refractivity contribution in [3.8, 4) is 0 Å². The van der Waals surface area contributed by atoms with Gasteiger partial charge in [0.2, 0.25) is 16.4 Å². The van der Waals surface area contributed by atoms with Gasteiger partial charge >= 0.3 is 0 Å². The molecule has 0 spiro atoms. The second-order valence-corrected chi connectivity index (χ2v) is 7.33. The molecule has 20 heavy (non-hydrogen) atoms. The van der Waals surface area contributed by atoms with Gasteiger partial charge in [-0.2, -0.15) is 4.98 Å². The first-order valence-electron chi connectivity index (χ1n) is 6.02. The van der Waals surface area contributed by atoms with E-state index in [-0.39, 0.29) is 6.54 Å². The predicted octanol–water partition coefficient (Wildman–Crippen LogP) is 0.680. The van der Waals surface area contributed by atoms with Crippen LogP contribution in [0.2, 0.25) is 0 Å². The number of nitrogens with one attached hydrogen (secondary N) is 2. The number of sulfonamides is 1. The SMILES string of the molecule is CNCc1sc(S(=O)(=O)NCCc2ncon2)cc1C. The van der Waals surface area contributed by atoms with E-state index in [1.54, 1.807) is 6.07 Å². The second kappa shape index (κ2) is 6.44. The molecule has 9 heteroatoms. The number of aromatic nitrogens is 2. The first-order chi connectivity index (χ1) is 9.53. The molecule has 0 fully saturated rings. The van der Waals surface area contributed by atoms with Gasteiger partial charge in [0.25, 0.3) is 0 Å². The summed E-state index contributed by atoms with van der Waals surface area (Å²) >= 11 is 1.28. The lowest BCUT2D eigenvalue weighted by molar-refractivity contribution is 0.410. The molecule has 2 rings (SSSR count). The van der Waals surface area contributed by atoms with Crippen LogP contribution < -0.4 is 10.0 Å². The molecule has 2 N–H and O–H groups in total. The van der Waals surface area contributed by atoms with Crippen molar-refractivity contribution in [3.05, 3.63) is 28.7 Å². The van der Waals surface area contributed by atoms with E-state index in [2.05, 4.69) is 24.7 Å². The highest BCUT2D eigenvalue weighted by Gasteiger charge is 2.18. The normalized spacial score (nSPS) is 11.9. The van der Waals surface area contributed by atoms with Crippen LogP contribution in [0.1, 0.15) is 16.3 Å². The molecular weight excluding hydrogens is 300 g/mol. The highest BCUT2D eigenvalue weighted by atomic mass is 32.2. The van der Waals surface area contributed by atoms with Crippen LogP contribution in [0.25, 0.3) is 0 Å². The highest BCUT2D eigenvalue weighted by molar-refractivity contribution is 7.91. The molecule has 0 radical (unpaired) electrons. The molecular formula is C11H16N4O3S2. The maximum Gasteiger partial charge on any atom is 0.250 e. The molecule has 0 aromatic carbocycles. The van der Waals surface area contributed by atoms with Crippen LogP contribution in [0.3, 0.4) is 0 Å². The van der Waals surface area contributed by atoms with Crippen molar-refractivity contribution in [3.63, 3.8) is 0 Å². The third-order valence-electron chi connectivity index (χ3n) is 2.65. The summed E-state index contributed by atoms with van der Waals surface area (Å²) in [6, 6.07) is 1.69. The first-order valence-corrected chi connectivity index (χ1v) is 8.31. The van der Waals surface area contributed by atoms with Crippen molar-refractivity contribution in [1.29, 1.82) is 0 Å². The van der Waals surface area contributed by atoms with Gasteiger partial charge in [0.15, 0.2) is 5.82 Å². The molecule has 0 aliphatic rings. The Hall–Kier alpha value is -1.29. The number of hydrogen-bond donors (Lipinski definition) is 2. The minimum Gasteiger partial charge on any atom is -0.343 e. The maximum absolute atomic E-state index is 12.1. The molecule has 0 aliphatic carbocycles. The predicted molar refractivity (Wildman–Crippen MR) is 75.0 cm³/mol. The Kier molecular flexibility index (Phi) is 4.86. The van der Waals surface area contributed by atoms with Crippen molar-refractivity contribution in [2.24, 2.45) is 0 Å². The van der Waals surface area contributed by atoms with Crippen molar-refractivity contribution >= 4 is 21.4 Å². The van der Waals surface area contributed by atoms with Gasteiger partial charge in [0.05, 0.1) is 0 Å². The summed E-state index contributed by atoms with van der Waals surface area (Å²) in [7, 11) is -1.65. The van der Waals surface area contributed by atoms with E-state index in [4.69, 9.17) is 0 Å². The van der Waals surface area contributed by atoms with E-state index < -0.39 is 10.0 Å². The lowest BCUT2D eigenvalue weighted by Gasteiger charge is -2.02. The molecule has 0 bridgehead atoms. The Labute approximate surface area is 121 Å². The standard InChI is InChI=1S/C11H16N4O3S2/c1-8-5-11(19-9(8)6-12-2)20(16,17)14-4-3-10-13-7-18-15-10/h5,7,12,14H,3-4,6H2,1-2H3. The Morgan fingerprint density at radius 1 is 1.45 bits per heavy atom. The Bertz CT molecular complexity index is 649. The maximum atomic E-state index is 12.1. The fourth-order valence-electron chi connectivity index (χ4n) is 1.63. The minimum absolute atomic E-state index is 0.236. The molecule has 2 aromatic rings. The van der Waals surface area contributed by atoms with Crippen LogP contribution in [0, 0.1) is 6.92 Å². The lowest BCUT2D eigenvalue weighted by Crippen LogP contribution is -2.25. The van der Waals surface area contributed by atoms with Gasteiger partial charge in [-0.25, -0.2) is 13.1 Å². The summed E-state index contributed by atoms with van der Waals surface area (Å²) in [5.74, 6) is 0.478. The van der Waals surface area contributed by atoms with Crippen molar-refractivity contribution < 1.29 is 12.9 Å². The first kappa shape index (κ1) is 15.1. The van der Waals surface area contributed by atoms with Crippen LogP contribution >= 0.6 is 11.3 Å². The largest absolute Gasteiger partial charge is 0.343 e. The summed E-state index contributed by atoms with van der Waals surface area (Å²) in [5.41, 5.74) is 0.975. The quantitative estimate of drug-likeness (QED) is 0.779. The summed E-state index contributed by atoms with van der Waals surface area (Å²) < 4.78 is 31.7. The summed E-state index contributed by atoms with van der Waals surface area (Å²) in [4.78, 5) is 4.85. The Morgan fingerprint density at radius 2 is 2.25 bits per heavy atom. The number of rotatable bonds is 7. The van der Waals surface area contributed by atoms with Gasteiger partial charge in [-0.15, -0.1) is 11.3 Å². The van der Waals surface area contributed by atoms with Crippen LogP contribution in [0.5, 0.6) is 0 Å². The molecule has 0 aliphatic heterocycles. The topological polar surface area (TPSA) is 97.1 Å². The summed E-state index contributed by atoms with van der Waals surface area (Å²) in [5, 5.41) is 6.64. The van der Waals surface area contributed by atoms with E-state index >= 15 is 0 Å². The monoisotopic (exact) mass is 316 g/mol. The molecule has 2 aromatic heterocycles. The van der Waals surface area contributed by atoms with Gasteiger partial charge in [0.1, 0.15) is 4.21 Å². The highest BCUT2D eigenvalue weighted by Crippen LogP contribution is 2.25. The van der Waals surface area contributed by atoms with Gasteiger partial charge in [-0.05, 0) is 25.6 Å². The van der Waals surface area contributed by atoms with E-state index in [1.165, 1.54) is 17.7 Å². The summed E-state index contributed by atoms with van der Waals surface area (Å²) in [6.45, 7) is 2.80. The number of aryl methyl sites for hydroxylation is 1. The van der Waals surface area contributed by atoms with Gasteiger partial charge in [-0.1, -0.05) is 5.16 Å². The molecule has 110 valence electrons. The fraction of sp³-hybridized carbons (Fsp3) is 0.455. The zero-order chi connectivity index (χ0) is 14.6. The third kappa shape index (κ3) is 3.63. The van der Waals surface area contributed by atoms with Crippen LogP contribution in [-0.4, -0.2) is 32.2 Å². The van der Waals surface area contributed by atoms with Crippen molar-refractivity contribution in [1.82, 2.24) is 20.2 Å². The zero-order valence-electron chi connectivity index (χ0n) is 11.2. The van der Waals surface area contributed by atoms with Gasteiger partial charge in [-0.3, -0.25) is 0 Å². The van der Waals surface area contributed by atoms with E-state index in [0.29, 0.717) is 23.0 Å². The van der Waals surface area contributed by atoms with Gasteiger partial charge < -0.3 is 9.84 Å². The molecule has 7 nitrogen and oxygen atoms in total. The van der Waals surface area contributed by atoms with Crippen LogP contribution in [-0.2, 0) is 23.0 Å². The number of thiophene rings is 1. The molecule has 0 saturated heterocycles. The Balaban J connectivity index is 2.00. The minimum atomic E-state index is -3.48. The lowest BCUT2D eigenvalue weighted by atomic mass is 10.3. The molecule has 0 atom stereocenters. The number of nitrogens with zero attached hydrogens (tertiary/aromatic N) is 2. The average Bonchev–Trinajstić information content (AvgIpc) is 3.01. The molecule has 2 heterocycles.